The van der Waals surface area contributed by atoms with Crippen molar-refractivity contribution < 1.29 is 9.18 Å². The molecule has 0 radical (unpaired) electrons. The molecule has 1 heterocycles. The Morgan fingerprint density at radius 3 is 2.74 bits per heavy atom. The van der Waals surface area contributed by atoms with Gasteiger partial charge in [-0.25, -0.2) is 4.39 Å². The molecule has 19 heavy (non-hydrogen) atoms. The van der Waals surface area contributed by atoms with E-state index in [4.69, 9.17) is 0 Å². The number of pyridine rings is 1. The second-order valence-corrected chi connectivity index (χ2v) is 4.72. The van der Waals surface area contributed by atoms with Gasteiger partial charge < -0.3 is 0 Å². The van der Waals surface area contributed by atoms with E-state index in [2.05, 4.69) is 4.98 Å². The van der Waals surface area contributed by atoms with Crippen LogP contribution in [0.3, 0.4) is 0 Å². The molecule has 0 aliphatic heterocycles. The van der Waals surface area contributed by atoms with E-state index in [1.165, 1.54) is 6.07 Å². The minimum absolute atomic E-state index is 0.154. The van der Waals surface area contributed by atoms with Gasteiger partial charge in [-0.15, -0.1) is 0 Å². The fraction of sp³-hybridized carbons (Fsp3) is 0.250. The number of ketones is 1. The van der Waals surface area contributed by atoms with Gasteiger partial charge in [-0.3, -0.25) is 9.78 Å². The van der Waals surface area contributed by atoms with Gasteiger partial charge in [0.05, 0.1) is 5.56 Å². The molecular formula is C16H16FNO. The number of halogens is 1. The lowest BCUT2D eigenvalue weighted by Crippen LogP contribution is -2.07. The molecule has 98 valence electrons. The summed E-state index contributed by atoms with van der Waals surface area (Å²) in [5.74, 6) is -0.576. The van der Waals surface area contributed by atoms with Crippen LogP contribution in [0.15, 0.2) is 36.7 Å². The van der Waals surface area contributed by atoms with Gasteiger partial charge in [0.2, 0.25) is 0 Å². The van der Waals surface area contributed by atoms with Crippen molar-refractivity contribution >= 4 is 5.78 Å². The zero-order valence-electron chi connectivity index (χ0n) is 11.1. The molecule has 0 unspecified atom stereocenters. The molecule has 2 aromatic rings. The smallest absolute Gasteiger partial charge is 0.166 e. The highest BCUT2D eigenvalue weighted by atomic mass is 19.1. The molecule has 0 bridgehead atoms. The van der Waals surface area contributed by atoms with Crippen LogP contribution in [0.2, 0.25) is 0 Å². The third-order valence-electron chi connectivity index (χ3n) is 3.07. The summed E-state index contributed by atoms with van der Waals surface area (Å²) < 4.78 is 13.9. The van der Waals surface area contributed by atoms with Crippen LogP contribution < -0.4 is 0 Å². The molecule has 2 nitrogen and oxygen atoms in total. The van der Waals surface area contributed by atoms with Gasteiger partial charge in [0, 0.05) is 18.8 Å². The quantitative estimate of drug-likeness (QED) is 0.782. The van der Waals surface area contributed by atoms with Crippen LogP contribution in [0.25, 0.3) is 0 Å². The van der Waals surface area contributed by atoms with Crippen LogP contribution in [0, 0.1) is 19.7 Å². The van der Waals surface area contributed by atoms with E-state index < -0.39 is 5.82 Å². The first-order valence-corrected chi connectivity index (χ1v) is 6.27. The minimum Gasteiger partial charge on any atom is -0.294 e. The van der Waals surface area contributed by atoms with Crippen LogP contribution in [0.4, 0.5) is 4.39 Å². The van der Waals surface area contributed by atoms with Crippen molar-refractivity contribution in [3.63, 3.8) is 0 Å². The largest absolute Gasteiger partial charge is 0.294 e. The van der Waals surface area contributed by atoms with Crippen molar-refractivity contribution in [2.45, 2.75) is 26.7 Å². The molecule has 0 saturated heterocycles. The summed E-state index contributed by atoms with van der Waals surface area (Å²) >= 11 is 0. The zero-order chi connectivity index (χ0) is 13.8. The molecule has 0 N–H and O–H groups in total. The van der Waals surface area contributed by atoms with E-state index in [0.29, 0.717) is 18.4 Å². The molecule has 2 rings (SSSR count). The van der Waals surface area contributed by atoms with E-state index in [-0.39, 0.29) is 11.3 Å². The minimum atomic E-state index is -0.423. The summed E-state index contributed by atoms with van der Waals surface area (Å²) in [6.45, 7) is 3.59. The number of Topliss-reactive ketones (excluding diaryl/α,β-unsaturated/α-hetero) is 1. The number of carbonyl (C=O) groups is 1. The van der Waals surface area contributed by atoms with Gasteiger partial charge >= 0.3 is 0 Å². The van der Waals surface area contributed by atoms with E-state index in [0.717, 1.165) is 11.1 Å². The summed E-state index contributed by atoms with van der Waals surface area (Å²) in [6, 6.07) is 6.99. The van der Waals surface area contributed by atoms with Crippen molar-refractivity contribution in [3.05, 3.63) is 64.7 Å². The highest BCUT2D eigenvalue weighted by Gasteiger charge is 2.15. The maximum Gasteiger partial charge on any atom is 0.166 e. The highest BCUT2D eigenvalue weighted by molar-refractivity contribution is 5.97. The molecule has 0 aliphatic carbocycles. The van der Waals surface area contributed by atoms with Crippen molar-refractivity contribution in [3.8, 4) is 0 Å². The average molecular weight is 257 g/mol. The Labute approximate surface area is 112 Å². The third-order valence-corrected chi connectivity index (χ3v) is 3.07. The van der Waals surface area contributed by atoms with Gasteiger partial charge in [0.25, 0.3) is 0 Å². The summed E-state index contributed by atoms with van der Waals surface area (Å²) in [6.07, 6.45) is 4.30. The molecule has 0 saturated carbocycles. The lowest BCUT2D eigenvalue weighted by molar-refractivity contribution is 0.0978. The van der Waals surface area contributed by atoms with Gasteiger partial charge in [-0.2, -0.15) is 0 Å². The van der Waals surface area contributed by atoms with Crippen LogP contribution in [0.5, 0.6) is 0 Å². The molecule has 0 fully saturated rings. The summed E-state index contributed by atoms with van der Waals surface area (Å²) in [7, 11) is 0. The van der Waals surface area contributed by atoms with Crippen LogP contribution in [-0.4, -0.2) is 10.8 Å². The highest BCUT2D eigenvalue weighted by Crippen LogP contribution is 2.18. The van der Waals surface area contributed by atoms with Gasteiger partial charge in [0.1, 0.15) is 5.82 Å². The Morgan fingerprint density at radius 2 is 2.11 bits per heavy atom. The average Bonchev–Trinajstić information content (AvgIpc) is 2.36. The number of aromatic nitrogens is 1. The Hall–Kier alpha value is -2.03. The Kier molecular flexibility index (Phi) is 4.05. The predicted octanol–water partition coefficient (Wildman–Crippen LogP) is 3.65. The normalized spacial score (nSPS) is 10.5. The fourth-order valence-corrected chi connectivity index (χ4v) is 2.20. The summed E-state index contributed by atoms with van der Waals surface area (Å²) in [5, 5.41) is 0. The Bertz CT molecular complexity index is 570. The van der Waals surface area contributed by atoms with Crippen molar-refractivity contribution in [2.24, 2.45) is 0 Å². The predicted molar refractivity (Wildman–Crippen MR) is 72.8 cm³/mol. The van der Waals surface area contributed by atoms with Crippen LogP contribution >= 0.6 is 0 Å². The topological polar surface area (TPSA) is 30.0 Å². The first-order valence-electron chi connectivity index (χ1n) is 6.27. The van der Waals surface area contributed by atoms with Gasteiger partial charge in [-0.05, 0) is 49.1 Å². The van der Waals surface area contributed by atoms with E-state index in [1.807, 2.05) is 25.1 Å². The maximum atomic E-state index is 13.9. The first kappa shape index (κ1) is 13.4. The number of benzene rings is 1. The SMILES string of the molecule is Cc1cc(C)c(C(=O)CCc2cccnc2)c(F)c1. The van der Waals surface area contributed by atoms with Crippen LogP contribution in [-0.2, 0) is 6.42 Å². The molecule has 0 atom stereocenters. The lowest BCUT2D eigenvalue weighted by atomic mass is 9.97. The van der Waals surface area contributed by atoms with E-state index in [9.17, 15) is 9.18 Å². The monoisotopic (exact) mass is 257 g/mol. The zero-order valence-corrected chi connectivity index (χ0v) is 11.1. The maximum absolute atomic E-state index is 13.9. The Morgan fingerprint density at radius 1 is 1.32 bits per heavy atom. The summed E-state index contributed by atoms with van der Waals surface area (Å²) in [5.41, 5.74) is 2.74. The summed E-state index contributed by atoms with van der Waals surface area (Å²) in [4.78, 5) is 16.1. The van der Waals surface area contributed by atoms with E-state index >= 15 is 0 Å². The molecule has 3 heteroatoms. The number of hydrogen-bond acceptors (Lipinski definition) is 2. The second kappa shape index (κ2) is 5.74. The molecular weight excluding hydrogens is 241 g/mol. The van der Waals surface area contributed by atoms with Crippen molar-refractivity contribution in [1.82, 2.24) is 4.98 Å². The van der Waals surface area contributed by atoms with Gasteiger partial charge in [-0.1, -0.05) is 12.1 Å². The first-order chi connectivity index (χ1) is 9.08. The second-order valence-electron chi connectivity index (χ2n) is 4.72. The molecule has 1 aromatic heterocycles. The van der Waals surface area contributed by atoms with Crippen molar-refractivity contribution in [1.29, 1.82) is 0 Å². The molecule has 0 amide bonds. The molecule has 0 spiro atoms. The number of carbonyl (C=O) groups excluding carboxylic acids is 1. The third kappa shape index (κ3) is 3.25. The molecule has 0 aliphatic rings. The Balaban J connectivity index is 2.13. The van der Waals surface area contributed by atoms with Crippen LogP contribution in [0.1, 0.15) is 33.5 Å². The number of rotatable bonds is 4. The number of aryl methyl sites for hydroxylation is 3. The van der Waals surface area contributed by atoms with Gasteiger partial charge in [0.15, 0.2) is 5.78 Å². The van der Waals surface area contributed by atoms with E-state index in [1.54, 1.807) is 19.3 Å². The van der Waals surface area contributed by atoms with Crippen molar-refractivity contribution in [2.75, 3.05) is 0 Å². The molecule has 1 aromatic carbocycles. The standard InChI is InChI=1S/C16H16FNO/c1-11-8-12(2)16(14(17)9-11)15(19)6-5-13-4-3-7-18-10-13/h3-4,7-10H,5-6H2,1-2H3. The fourth-order valence-electron chi connectivity index (χ4n) is 2.20. The number of hydrogen-bond donors (Lipinski definition) is 0. The lowest BCUT2D eigenvalue weighted by Gasteiger charge is -2.08. The number of nitrogens with zero attached hydrogens (tertiary/aromatic N) is 1.